The van der Waals surface area contributed by atoms with Gasteiger partial charge in [-0.2, -0.15) is 0 Å². The van der Waals surface area contributed by atoms with Crippen LogP contribution < -0.4 is 5.32 Å². The Bertz CT molecular complexity index is 760. The lowest BCUT2D eigenvalue weighted by molar-refractivity contribution is -0.128. The Balaban J connectivity index is 1.53. The summed E-state index contributed by atoms with van der Waals surface area (Å²) in [6.45, 7) is 0.845. The van der Waals surface area contributed by atoms with Gasteiger partial charge < -0.3 is 10.2 Å². The molecule has 0 saturated carbocycles. The Hall–Kier alpha value is -2.76. The first-order valence-electron chi connectivity index (χ1n) is 8.10. The Kier molecular flexibility index (Phi) is 5.07. The van der Waals surface area contributed by atoms with Gasteiger partial charge in [-0.15, -0.1) is 0 Å². The van der Waals surface area contributed by atoms with Crippen LogP contribution in [0, 0.1) is 17.6 Å². The number of rotatable bonds is 5. The van der Waals surface area contributed by atoms with Gasteiger partial charge in [-0.3, -0.25) is 9.59 Å². The molecule has 1 heterocycles. The minimum Gasteiger partial charge on any atom is -0.342 e. The van der Waals surface area contributed by atoms with Crippen LogP contribution in [0.15, 0.2) is 48.5 Å². The smallest absolute Gasteiger partial charge is 0.229 e. The van der Waals surface area contributed by atoms with E-state index in [0.717, 1.165) is 5.56 Å². The van der Waals surface area contributed by atoms with Crippen molar-refractivity contribution in [1.29, 1.82) is 0 Å². The summed E-state index contributed by atoms with van der Waals surface area (Å²) in [5, 5.41) is 2.71. The molecular weight excluding hydrogens is 326 g/mol. The van der Waals surface area contributed by atoms with Gasteiger partial charge in [-0.25, -0.2) is 8.78 Å². The third-order valence-electron chi connectivity index (χ3n) is 4.28. The van der Waals surface area contributed by atoms with Crippen LogP contribution in [-0.4, -0.2) is 29.8 Å². The van der Waals surface area contributed by atoms with Crippen LogP contribution in [-0.2, 0) is 16.0 Å². The number of nitrogens with one attached hydrogen (secondary N) is 1. The number of hydrogen-bond acceptors (Lipinski definition) is 2. The molecule has 6 heteroatoms. The summed E-state index contributed by atoms with van der Waals surface area (Å²) < 4.78 is 25.8. The summed E-state index contributed by atoms with van der Waals surface area (Å²) >= 11 is 0. The molecular formula is C19H18F2N2O2. The first-order valence-corrected chi connectivity index (χ1v) is 8.10. The topological polar surface area (TPSA) is 49.4 Å². The molecule has 2 amide bonds. The molecule has 0 bridgehead atoms. The fourth-order valence-electron chi connectivity index (χ4n) is 2.86. The lowest BCUT2D eigenvalue weighted by Gasteiger charge is -2.16. The molecule has 0 aliphatic carbocycles. The highest BCUT2D eigenvalue weighted by molar-refractivity contribution is 5.97. The maximum Gasteiger partial charge on any atom is 0.229 e. The molecule has 1 aliphatic rings. The number of carbonyl (C=O) groups is 2. The van der Waals surface area contributed by atoms with E-state index in [9.17, 15) is 18.4 Å². The molecule has 1 atom stereocenters. The molecule has 1 saturated heterocycles. The fourth-order valence-corrected chi connectivity index (χ4v) is 2.86. The molecule has 25 heavy (non-hydrogen) atoms. The monoisotopic (exact) mass is 344 g/mol. The van der Waals surface area contributed by atoms with E-state index in [1.807, 2.05) is 0 Å². The third-order valence-corrected chi connectivity index (χ3v) is 4.28. The van der Waals surface area contributed by atoms with Crippen molar-refractivity contribution in [2.75, 3.05) is 18.4 Å². The molecule has 0 unspecified atom stereocenters. The predicted molar refractivity (Wildman–Crippen MR) is 89.8 cm³/mol. The number of anilines is 1. The molecule has 2 aromatic rings. The van der Waals surface area contributed by atoms with Gasteiger partial charge >= 0.3 is 0 Å². The Labute approximate surface area is 144 Å². The average molecular weight is 344 g/mol. The molecule has 2 aromatic carbocycles. The van der Waals surface area contributed by atoms with Crippen LogP contribution >= 0.6 is 0 Å². The van der Waals surface area contributed by atoms with Gasteiger partial charge in [0.15, 0.2) is 0 Å². The zero-order chi connectivity index (χ0) is 17.8. The number of carbonyl (C=O) groups excluding carboxylic acids is 2. The molecule has 1 aliphatic heterocycles. The lowest BCUT2D eigenvalue weighted by atomic mass is 10.1. The van der Waals surface area contributed by atoms with E-state index in [1.165, 1.54) is 36.4 Å². The van der Waals surface area contributed by atoms with Crippen molar-refractivity contribution in [3.8, 4) is 0 Å². The summed E-state index contributed by atoms with van der Waals surface area (Å²) in [6.07, 6.45) is 0.773. The van der Waals surface area contributed by atoms with Crippen molar-refractivity contribution in [3.05, 3.63) is 65.7 Å². The van der Waals surface area contributed by atoms with E-state index >= 15 is 0 Å². The van der Waals surface area contributed by atoms with Crippen LogP contribution in [0.1, 0.15) is 12.0 Å². The minimum absolute atomic E-state index is 0.0682. The molecule has 0 aromatic heterocycles. The highest BCUT2D eigenvalue weighted by Crippen LogP contribution is 2.20. The zero-order valence-electron chi connectivity index (χ0n) is 13.5. The molecule has 1 N–H and O–H groups in total. The van der Waals surface area contributed by atoms with E-state index in [4.69, 9.17) is 0 Å². The Morgan fingerprint density at radius 2 is 1.64 bits per heavy atom. The first-order chi connectivity index (χ1) is 12.0. The maximum absolute atomic E-state index is 12.9. The van der Waals surface area contributed by atoms with Crippen molar-refractivity contribution in [1.82, 2.24) is 4.90 Å². The lowest BCUT2D eigenvalue weighted by Crippen LogP contribution is -2.30. The van der Waals surface area contributed by atoms with Crippen LogP contribution in [0.3, 0.4) is 0 Å². The number of likely N-dealkylation sites (tertiary alicyclic amines) is 1. The highest BCUT2D eigenvalue weighted by Gasteiger charge is 2.33. The van der Waals surface area contributed by atoms with Gasteiger partial charge in [-0.1, -0.05) is 12.1 Å². The normalized spacial score (nSPS) is 17.0. The van der Waals surface area contributed by atoms with Crippen molar-refractivity contribution in [2.24, 2.45) is 5.92 Å². The standard InChI is InChI=1S/C19H18F2N2O2/c20-15-3-1-13(2-4-15)9-10-23-12-14(11-18(23)24)19(25)22-17-7-5-16(21)6-8-17/h1-8,14H,9-12H2,(H,22,25)/t14-/m0/s1. The number of benzene rings is 2. The molecule has 4 nitrogen and oxygen atoms in total. The van der Waals surface area contributed by atoms with E-state index in [2.05, 4.69) is 5.32 Å². The van der Waals surface area contributed by atoms with Crippen molar-refractivity contribution < 1.29 is 18.4 Å². The van der Waals surface area contributed by atoms with Gasteiger partial charge in [0.25, 0.3) is 0 Å². The van der Waals surface area contributed by atoms with Crippen LogP contribution in [0.2, 0.25) is 0 Å². The van der Waals surface area contributed by atoms with E-state index in [0.29, 0.717) is 25.2 Å². The molecule has 0 radical (unpaired) electrons. The zero-order valence-corrected chi connectivity index (χ0v) is 13.5. The summed E-state index contributed by atoms with van der Waals surface area (Å²) in [5.41, 5.74) is 1.44. The van der Waals surface area contributed by atoms with Crippen molar-refractivity contribution in [2.45, 2.75) is 12.8 Å². The first kappa shape index (κ1) is 17.1. The predicted octanol–water partition coefficient (Wildman–Crippen LogP) is 2.99. The fraction of sp³-hybridized carbons (Fsp3) is 0.263. The van der Waals surface area contributed by atoms with E-state index in [-0.39, 0.29) is 29.9 Å². The molecule has 3 rings (SSSR count). The second-order valence-corrected chi connectivity index (χ2v) is 6.11. The summed E-state index contributed by atoms with van der Waals surface area (Å²) in [7, 11) is 0. The van der Waals surface area contributed by atoms with Gasteiger partial charge in [0.05, 0.1) is 5.92 Å². The summed E-state index contributed by atoms with van der Waals surface area (Å²) in [6, 6.07) is 11.7. The number of amides is 2. The SMILES string of the molecule is O=C(Nc1ccc(F)cc1)[C@H]1CC(=O)N(CCc2ccc(F)cc2)C1. The quantitative estimate of drug-likeness (QED) is 0.906. The number of halogens is 2. The van der Waals surface area contributed by atoms with Crippen LogP contribution in [0.4, 0.5) is 14.5 Å². The highest BCUT2D eigenvalue weighted by atomic mass is 19.1. The van der Waals surface area contributed by atoms with E-state index < -0.39 is 5.92 Å². The number of hydrogen-bond donors (Lipinski definition) is 1. The summed E-state index contributed by atoms with van der Waals surface area (Å²) in [4.78, 5) is 26.0. The second-order valence-electron chi connectivity index (χ2n) is 6.11. The second kappa shape index (κ2) is 7.42. The van der Waals surface area contributed by atoms with Gasteiger partial charge in [0.2, 0.25) is 11.8 Å². The van der Waals surface area contributed by atoms with Crippen LogP contribution in [0.5, 0.6) is 0 Å². The minimum atomic E-state index is -0.425. The van der Waals surface area contributed by atoms with Crippen molar-refractivity contribution in [3.63, 3.8) is 0 Å². The third kappa shape index (κ3) is 4.41. The Morgan fingerprint density at radius 1 is 1.04 bits per heavy atom. The molecule has 130 valence electrons. The van der Waals surface area contributed by atoms with Gasteiger partial charge in [-0.05, 0) is 48.4 Å². The van der Waals surface area contributed by atoms with Gasteiger partial charge in [0, 0.05) is 25.2 Å². The molecule has 0 spiro atoms. The largest absolute Gasteiger partial charge is 0.342 e. The summed E-state index contributed by atoms with van der Waals surface area (Å²) in [5.74, 6) is -1.41. The van der Waals surface area contributed by atoms with E-state index in [1.54, 1.807) is 17.0 Å². The van der Waals surface area contributed by atoms with Gasteiger partial charge in [0.1, 0.15) is 11.6 Å². The molecule has 1 fully saturated rings. The average Bonchev–Trinajstić information content (AvgIpc) is 2.97. The van der Waals surface area contributed by atoms with Crippen molar-refractivity contribution >= 4 is 17.5 Å². The number of nitrogens with zero attached hydrogens (tertiary/aromatic N) is 1. The maximum atomic E-state index is 12.9. The van der Waals surface area contributed by atoms with Crippen LogP contribution in [0.25, 0.3) is 0 Å². The Morgan fingerprint density at radius 3 is 2.28 bits per heavy atom.